The molecule has 1 aliphatic carbocycles. The summed E-state index contributed by atoms with van der Waals surface area (Å²) >= 11 is 0. The number of nitrogens with zero attached hydrogens (tertiary/aromatic N) is 2. The molecule has 1 saturated heterocycles. The van der Waals surface area contributed by atoms with Crippen LogP contribution in [0.25, 0.3) is 0 Å². The first-order valence-corrected chi connectivity index (χ1v) is 11.6. The van der Waals surface area contributed by atoms with Crippen LogP contribution in [0.1, 0.15) is 54.4 Å². The molecule has 1 unspecified atom stereocenters. The molecular formula is C26H32ClN3O4. The lowest BCUT2D eigenvalue weighted by Gasteiger charge is -2.45. The second-order valence-electron chi connectivity index (χ2n) is 9.37. The van der Waals surface area contributed by atoms with Gasteiger partial charge < -0.3 is 15.3 Å². The normalized spacial score (nSPS) is 21.9. The Balaban J connectivity index is 0.00000324. The highest BCUT2D eigenvalue weighted by Gasteiger charge is 2.51. The Bertz CT molecular complexity index is 1080. The summed E-state index contributed by atoms with van der Waals surface area (Å²) in [6, 6.07) is 8.61. The van der Waals surface area contributed by atoms with E-state index in [9.17, 15) is 19.5 Å². The molecule has 1 aromatic heterocycles. The second-order valence-corrected chi connectivity index (χ2v) is 9.37. The van der Waals surface area contributed by atoms with E-state index in [1.165, 1.54) is 16.0 Å². The first-order chi connectivity index (χ1) is 15.7. The number of carbonyl (C=O) groups is 3. The van der Waals surface area contributed by atoms with Gasteiger partial charge in [0, 0.05) is 17.0 Å². The number of benzene rings is 1. The van der Waals surface area contributed by atoms with Crippen LogP contribution in [0.3, 0.4) is 0 Å². The SMILES string of the molecule is CC[C@H](C)[C@@H]1C(=O)N[C@H](C2Cc3ccccc3C2)C(=O)N1C(C(=O)O)c1ccc(C)nc1C.Cl. The predicted molar refractivity (Wildman–Crippen MR) is 131 cm³/mol. The van der Waals surface area contributed by atoms with Crippen molar-refractivity contribution in [3.05, 3.63) is 64.5 Å². The second kappa shape index (κ2) is 10.1. The van der Waals surface area contributed by atoms with Crippen molar-refractivity contribution in [1.82, 2.24) is 15.2 Å². The quantitative estimate of drug-likeness (QED) is 0.653. The predicted octanol–water partition coefficient (Wildman–Crippen LogP) is 3.40. The van der Waals surface area contributed by atoms with Crippen molar-refractivity contribution in [2.75, 3.05) is 0 Å². The van der Waals surface area contributed by atoms with Crippen LogP contribution in [0.4, 0.5) is 0 Å². The molecule has 4 atom stereocenters. The van der Waals surface area contributed by atoms with Gasteiger partial charge in [-0.2, -0.15) is 0 Å². The zero-order valence-electron chi connectivity index (χ0n) is 19.9. The largest absolute Gasteiger partial charge is 0.479 e. The van der Waals surface area contributed by atoms with E-state index in [0.29, 0.717) is 30.5 Å². The number of hydrogen-bond acceptors (Lipinski definition) is 4. The van der Waals surface area contributed by atoms with Gasteiger partial charge in [-0.3, -0.25) is 14.6 Å². The highest BCUT2D eigenvalue weighted by molar-refractivity contribution is 5.99. The molecule has 182 valence electrons. The Morgan fingerprint density at radius 1 is 1.15 bits per heavy atom. The summed E-state index contributed by atoms with van der Waals surface area (Å²) in [5, 5.41) is 13.3. The van der Waals surface area contributed by atoms with E-state index in [-0.39, 0.29) is 36.1 Å². The molecule has 2 heterocycles. The number of amides is 2. The third kappa shape index (κ3) is 4.53. The van der Waals surface area contributed by atoms with Crippen LogP contribution < -0.4 is 5.32 Å². The van der Waals surface area contributed by atoms with Crippen molar-refractivity contribution >= 4 is 30.2 Å². The molecule has 1 aromatic carbocycles. The van der Waals surface area contributed by atoms with Crippen molar-refractivity contribution in [1.29, 1.82) is 0 Å². The van der Waals surface area contributed by atoms with Gasteiger partial charge >= 0.3 is 5.97 Å². The minimum Gasteiger partial charge on any atom is -0.479 e. The van der Waals surface area contributed by atoms with Gasteiger partial charge in [0.2, 0.25) is 11.8 Å². The van der Waals surface area contributed by atoms with Crippen LogP contribution in [-0.4, -0.2) is 44.9 Å². The van der Waals surface area contributed by atoms with Crippen LogP contribution in [0.5, 0.6) is 0 Å². The summed E-state index contributed by atoms with van der Waals surface area (Å²) in [7, 11) is 0. The minimum atomic E-state index is -1.28. The third-order valence-electron chi connectivity index (χ3n) is 7.20. The van der Waals surface area contributed by atoms with Gasteiger partial charge in [-0.15, -0.1) is 12.4 Å². The summed E-state index contributed by atoms with van der Waals surface area (Å²) < 4.78 is 0. The van der Waals surface area contributed by atoms with Gasteiger partial charge in [0.1, 0.15) is 12.1 Å². The number of nitrogens with one attached hydrogen (secondary N) is 1. The molecule has 2 aliphatic rings. The fourth-order valence-electron chi connectivity index (χ4n) is 5.30. The Kier molecular flexibility index (Phi) is 7.66. The lowest BCUT2D eigenvalue weighted by atomic mass is 9.86. The molecule has 2 aromatic rings. The Morgan fingerprint density at radius 2 is 1.76 bits per heavy atom. The molecule has 2 N–H and O–H groups in total. The number of hydrogen-bond donors (Lipinski definition) is 2. The lowest BCUT2D eigenvalue weighted by molar-refractivity contribution is -0.164. The standard InChI is InChI=1S/C26H31N3O4.ClH/c1-5-14(2)22-24(30)28-21(19-12-17-8-6-7-9-18(17)13-19)25(31)29(22)23(26(32)33)20-11-10-15(3)27-16(20)4;/h6-11,14,19,21-23H,5,12-13H2,1-4H3,(H,28,30)(H,32,33);1H/t14-,21+,22+,23?;/m0./s1. The number of aryl methyl sites for hydroxylation is 2. The number of piperazine rings is 1. The number of carbonyl (C=O) groups excluding carboxylic acids is 2. The average Bonchev–Trinajstić information content (AvgIpc) is 3.20. The molecule has 8 heteroatoms. The number of rotatable bonds is 6. The van der Waals surface area contributed by atoms with Crippen molar-refractivity contribution < 1.29 is 19.5 Å². The van der Waals surface area contributed by atoms with Crippen LogP contribution in [0.2, 0.25) is 0 Å². The fraction of sp³-hybridized carbons (Fsp3) is 0.462. The number of fused-ring (bicyclic) bond motifs is 1. The molecule has 0 radical (unpaired) electrons. The topological polar surface area (TPSA) is 99.6 Å². The molecule has 1 fully saturated rings. The van der Waals surface area contributed by atoms with Crippen molar-refractivity contribution in [3.8, 4) is 0 Å². The van der Waals surface area contributed by atoms with Crippen molar-refractivity contribution in [2.45, 2.75) is 65.1 Å². The van der Waals surface area contributed by atoms with Crippen LogP contribution in [0.15, 0.2) is 36.4 Å². The number of halogens is 1. The fourth-order valence-corrected chi connectivity index (χ4v) is 5.30. The first kappa shape index (κ1) is 25.7. The Morgan fingerprint density at radius 3 is 2.29 bits per heavy atom. The zero-order chi connectivity index (χ0) is 23.9. The van der Waals surface area contributed by atoms with E-state index < -0.39 is 24.1 Å². The molecular weight excluding hydrogens is 454 g/mol. The van der Waals surface area contributed by atoms with Gasteiger partial charge in [-0.1, -0.05) is 50.6 Å². The average molecular weight is 486 g/mol. The van der Waals surface area contributed by atoms with Crippen molar-refractivity contribution in [2.24, 2.45) is 11.8 Å². The van der Waals surface area contributed by atoms with Crippen LogP contribution in [-0.2, 0) is 27.2 Å². The third-order valence-corrected chi connectivity index (χ3v) is 7.20. The molecule has 7 nitrogen and oxygen atoms in total. The Labute approximate surface area is 206 Å². The van der Waals surface area contributed by atoms with E-state index in [2.05, 4.69) is 10.3 Å². The minimum absolute atomic E-state index is 0. The number of carboxylic acids is 1. The molecule has 4 rings (SSSR count). The lowest BCUT2D eigenvalue weighted by Crippen LogP contribution is -2.68. The van der Waals surface area contributed by atoms with E-state index in [1.807, 2.05) is 45.0 Å². The van der Waals surface area contributed by atoms with E-state index in [0.717, 1.165) is 5.69 Å². The Hall–Kier alpha value is -2.93. The smallest absolute Gasteiger partial charge is 0.331 e. The molecule has 0 bridgehead atoms. The summed E-state index contributed by atoms with van der Waals surface area (Å²) in [6.45, 7) is 7.40. The molecule has 34 heavy (non-hydrogen) atoms. The van der Waals surface area contributed by atoms with E-state index >= 15 is 0 Å². The number of pyridine rings is 1. The highest BCUT2D eigenvalue weighted by atomic mass is 35.5. The van der Waals surface area contributed by atoms with E-state index in [1.54, 1.807) is 19.1 Å². The number of carboxylic acid groups (broad SMARTS) is 1. The maximum atomic E-state index is 14.0. The van der Waals surface area contributed by atoms with Crippen LogP contribution >= 0.6 is 12.4 Å². The first-order valence-electron chi connectivity index (χ1n) is 11.6. The van der Waals surface area contributed by atoms with Gasteiger partial charge in [-0.05, 0) is 55.7 Å². The highest BCUT2D eigenvalue weighted by Crippen LogP contribution is 2.36. The summed E-state index contributed by atoms with van der Waals surface area (Å²) in [4.78, 5) is 45.7. The number of aliphatic carboxylic acids is 1. The molecule has 0 spiro atoms. The van der Waals surface area contributed by atoms with Crippen molar-refractivity contribution in [3.63, 3.8) is 0 Å². The van der Waals surface area contributed by atoms with Gasteiger partial charge in [-0.25, -0.2) is 4.79 Å². The molecule has 0 saturated carbocycles. The molecule has 2 amide bonds. The van der Waals surface area contributed by atoms with E-state index in [4.69, 9.17) is 0 Å². The summed E-state index contributed by atoms with van der Waals surface area (Å²) in [5.41, 5.74) is 4.11. The summed E-state index contributed by atoms with van der Waals surface area (Å²) in [6.07, 6.45) is 1.99. The van der Waals surface area contributed by atoms with Gasteiger partial charge in [0.05, 0.1) is 0 Å². The van der Waals surface area contributed by atoms with Crippen LogP contribution in [0, 0.1) is 25.7 Å². The number of aromatic nitrogens is 1. The van der Waals surface area contributed by atoms with Gasteiger partial charge in [0.15, 0.2) is 6.04 Å². The molecule has 1 aliphatic heterocycles. The monoisotopic (exact) mass is 485 g/mol. The zero-order valence-corrected chi connectivity index (χ0v) is 20.8. The maximum Gasteiger partial charge on any atom is 0.331 e. The maximum absolute atomic E-state index is 14.0. The summed E-state index contributed by atoms with van der Waals surface area (Å²) in [5.74, 6) is -2.07. The van der Waals surface area contributed by atoms with Gasteiger partial charge in [0.25, 0.3) is 0 Å².